The van der Waals surface area contributed by atoms with Gasteiger partial charge >= 0.3 is 6.55 Å². The molecule has 0 unspecified atom stereocenters. The molecule has 1 aromatic carbocycles. The van der Waals surface area contributed by atoms with E-state index in [0.29, 0.717) is 51.2 Å². The van der Waals surface area contributed by atoms with E-state index in [1.165, 1.54) is 35.7 Å². The molecule has 8 nitrogen and oxygen atoms in total. The molecule has 2 atom stereocenters. The van der Waals surface area contributed by atoms with Gasteiger partial charge in [-0.25, -0.2) is 19.0 Å². The van der Waals surface area contributed by atoms with Crippen molar-refractivity contribution in [2.24, 2.45) is 4.99 Å². The molecule has 2 aliphatic heterocycles. The molecule has 0 radical (unpaired) electrons. The third-order valence-electron chi connectivity index (χ3n) is 7.56. The summed E-state index contributed by atoms with van der Waals surface area (Å²) < 4.78 is 41.7. The highest BCUT2D eigenvalue weighted by Gasteiger charge is 2.41. The number of hydrogen-bond donors (Lipinski definition) is 1. The Labute approximate surface area is 247 Å². The van der Waals surface area contributed by atoms with Crippen molar-refractivity contribution in [3.05, 3.63) is 104 Å². The Balaban J connectivity index is 1.31. The summed E-state index contributed by atoms with van der Waals surface area (Å²) in [6, 6.07) is 9.87. The van der Waals surface area contributed by atoms with Crippen molar-refractivity contribution < 1.29 is 18.0 Å². The number of pyridine rings is 1. The maximum Gasteiger partial charge on any atom is 0.333 e. The number of nitrogens with one attached hydrogen (secondary N) is 1. The van der Waals surface area contributed by atoms with Crippen LogP contribution in [0.1, 0.15) is 70.2 Å². The summed E-state index contributed by atoms with van der Waals surface area (Å²) >= 11 is 7.92. The number of halogens is 4. The fourth-order valence-electron chi connectivity index (χ4n) is 5.49. The lowest BCUT2D eigenvalue weighted by Gasteiger charge is -2.32. The van der Waals surface area contributed by atoms with Gasteiger partial charge in [0.15, 0.2) is 10.8 Å². The maximum atomic E-state index is 14.0. The minimum atomic E-state index is -2.83. The van der Waals surface area contributed by atoms with Gasteiger partial charge in [-0.3, -0.25) is 9.79 Å². The fraction of sp³-hybridized carbons (Fsp3) is 0.276. The van der Waals surface area contributed by atoms with Crippen LogP contribution in [0.4, 0.5) is 13.2 Å². The molecule has 5 heterocycles. The number of aliphatic imine (C=N–C) groups is 1. The number of amidine groups is 1. The molecule has 214 valence electrons. The summed E-state index contributed by atoms with van der Waals surface area (Å²) in [4.78, 5) is 29.3. The number of benzene rings is 1. The van der Waals surface area contributed by atoms with Gasteiger partial charge in [0, 0.05) is 64.2 Å². The first-order valence-corrected chi connectivity index (χ1v) is 14.7. The average molecular weight is 610 g/mol. The van der Waals surface area contributed by atoms with Crippen LogP contribution in [0.25, 0.3) is 5.57 Å². The average Bonchev–Trinajstić information content (AvgIpc) is 3.33. The van der Waals surface area contributed by atoms with Crippen molar-refractivity contribution in [3.8, 4) is 0 Å². The Morgan fingerprint density at radius 1 is 1.17 bits per heavy atom. The van der Waals surface area contributed by atoms with Crippen LogP contribution in [0.5, 0.6) is 0 Å². The van der Waals surface area contributed by atoms with Gasteiger partial charge in [0.05, 0.1) is 11.7 Å². The second-order valence-corrected chi connectivity index (χ2v) is 11.7. The van der Waals surface area contributed by atoms with Crippen molar-refractivity contribution in [3.63, 3.8) is 0 Å². The lowest BCUT2D eigenvalue weighted by Crippen LogP contribution is -2.39. The van der Waals surface area contributed by atoms with Crippen LogP contribution in [-0.4, -0.2) is 49.0 Å². The summed E-state index contributed by atoms with van der Waals surface area (Å²) in [5, 5.41) is 9.87. The molecule has 4 aromatic rings. The van der Waals surface area contributed by atoms with E-state index in [1.807, 2.05) is 22.4 Å². The minimum Gasteiger partial charge on any atom is -0.346 e. The lowest BCUT2D eigenvalue weighted by molar-refractivity contribution is 0.0564. The standard InChI is InChI=1S/C29H23ClF3N7OS/c30-19-12-16(31)6-7-18(19)25-24(21-8-10-40(38-21)29(32)33)23-13-17(14-39(23)26(37-25)28-34-9-11-42-28)35-27(41)22-3-1-2-20(36-22)15-4-5-15/h1-3,6-12,15,17,25,29H,4-5,13-14H2,(H,35,41)/t17-,25-/m0/s1. The van der Waals surface area contributed by atoms with Gasteiger partial charge in [-0.05, 0) is 43.2 Å². The molecule has 7 rings (SSSR count). The molecular formula is C29H23ClF3N7OS. The van der Waals surface area contributed by atoms with Gasteiger partial charge in [-0.2, -0.15) is 13.9 Å². The van der Waals surface area contributed by atoms with Crippen molar-refractivity contribution in [2.75, 3.05) is 6.54 Å². The number of carbonyl (C=O) groups is 1. The summed E-state index contributed by atoms with van der Waals surface area (Å²) in [5.41, 5.74) is 3.34. The smallest absolute Gasteiger partial charge is 0.333 e. The van der Waals surface area contributed by atoms with Gasteiger partial charge in [-0.15, -0.1) is 11.3 Å². The van der Waals surface area contributed by atoms with Crippen LogP contribution >= 0.6 is 22.9 Å². The molecule has 0 bridgehead atoms. The number of alkyl halides is 2. The molecule has 3 aliphatic rings. The fourth-order valence-corrected chi connectivity index (χ4v) is 6.41. The largest absolute Gasteiger partial charge is 0.346 e. The lowest BCUT2D eigenvalue weighted by atomic mass is 9.92. The predicted octanol–water partition coefficient (Wildman–Crippen LogP) is 6.22. The number of amides is 1. The summed E-state index contributed by atoms with van der Waals surface area (Å²) in [5.74, 6) is 0.154. The van der Waals surface area contributed by atoms with Crippen LogP contribution < -0.4 is 5.32 Å². The van der Waals surface area contributed by atoms with Crippen molar-refractivity contribution in [1.82, 2.24) is 30.0 Å². The maximum absolute atomic E-state index is 14.0. The zero-order valence-corrected chi connectivity index (χ0v) is 23.5. The van der Waals surface area contributed by atoms with Crippen LogP contribution in [0.2, 0.25) is 5.02 Å². The van der Waals surface area contributed by atoms with E-state index in [2.05, 4.69) is 20.4 Å². The Morgan fingerprint density at radius 3 is 2.74 bits per heavy atom. The molecule has 1 N–H and O–H groups in total. The molecule has 1 saturated heterocycles. The van der Waals surface area contributed by atoms with Gasteiger partial charge in [0.2, 0.25) is 0 Å². The molecule has 3 aromatic heterocycles. The van der Waals surface area contributed by atoms with Crippen molar-refractivity contribution in [2.45, 2.75) is 43.8 Å². The molecule has 42 heavy (non-hydrogen) atoms. The quantitative estimate of drug-likeness (QED) is 0.269. The zero-order valence-electron chi connectivity index (χ0n) is 21.9. The predicted molar refractivity (Wildman–Crippen MR) is 152 cm³/mol. The number of carbonyl (C=O) groups excluding carboxylic acids is 1. The van der Waals surface area contributed by atoms with Crippen LogP contribution in [0, 0.1) is 5.82 Å². The molecule has 1 saturated carbocycles. The molecule has 13 heteroatoms. The Morgan fingerprint density at radius 2 is 2.02 bits per heavy atom. The number of thiazole rings is 1. The number of nitrogens with zero attached hydrogens (tertiary/aromatic N) is 6. The number of hydrogen-bond acceptors (Lipinski definition) is 7. The topological polar surface area (TPSA) is 88.3 Å². The SMILES string of the molecule is O=C(N[C@H]1CC2=C(c3ccn(C(F)F)n3)[C@H](c3ccc(F)cc3Cl)N=C(c3nccs3)N2C1)c1cccc(C2CC2)n1. The Hall–Kier alpha value is -4.03. The van der Waals surface area contributed by atoms with E-state index in [9.17, 15) is 18.0 Å². The molecule has 2 fully saturated rings. The number of rotatable bonds is 7. The Bertz CT molecular complexity index is 1730. The first-order chi connectivity index (χ1) is 20.4. The third kappa shape index (κ3) is 4.98. The highest BCUT2D eigenvalue weighted by atomic mass is 35.5. The van der Waals surface area contributed by atoms with E-state index >= 15 is 0 Å². The number of fused-ring (bicyclic) bond motifs is 1. The first kappa shape index (κ1) is 26.8. The third-order valence-corrected chi connectivity index (χ3v) is 8.66. The van der Waals surface area contributed by atoms with Crippen LogP contribution in [0.15, 0.2) is 70.9 Å². The molecule has 1 aliphatic carbocycles. The van der Waals surface area contributed by atoms with Crippen molar-refractivity contribution in [1.29, 1.82) is 0 Å². The van der Waals surface area contributed by atoms with Gasteiger partial charge in [-0.1, -0.05) is 23.7 Å². The zero-order chi connectivity index (χ0) is 29.0. The second-order valence-electron chi connectivity index (χ2n) is 10.4. The van der Waals surface area contributed by atoms with Crippen LogP contribution in [0.3, 0.4) is 0 Å². The molecular weight excluding hydrogens is 587 g/mol. The van der Waals surface area contributed by atoms with E-state index in [0.717, 1.165) is 24.2 Å². The molecule has 0 spiro atoms. The van der Waals surface area contributed by atoms with E-state index < -0.39 is 18.4 Å². The number of aromatic nitrogens is 4. The molecule has 1 amide bonds. The van der Waals surface area contributed by atoms with Crippen molar-refractivity contribution >= 4 is 40.3 Å². The van der Waals surface area contributed by atoms with E-state index in [-0.39, 0.29) is 22.7 Å². The normalized spacial score (nSPS) is 20.2. The van der Waals surface area contributed by atoms with E-state index in [1.54, 1.807) is 18.3 Å². The highest BCUT2D eigenvalue weighted by molar-refractivity contribution is 7.11. The van der Waals surface area contributed by atoms with Crippen LogP contribution in [-0.2, 0) is 0 Å². The summed E-state index contributed by atoms with van der Waals surface area (Å²) in [6.07, 6.45) is 5.39. The monoisotopic (exact) mass is 609 g/mol. The second kappa shape index (κ2) is 10.7. The summed E-state index contributed by atoms with van der Waals surface area (Å²) in [6.45, 7) is -2.47. The summed E-state index contributed by atoms with van der Waals surface area (Å²) in [7, 11) is 0. The van der Waals surface area contributed by atoms with Gasteiger partial charge in [0.25, 0.3) is 5.91 Å². The minimum absolute atomic E-state index is 0.145. The van der Waals surface area contributed by atoms with Gasteiger partial charge < -0.3 is 10.2 Å². The first-order valence-electron chi connectivity index (χ1n) is 13.4. The highest BCUT2D eigenvalue weighted by Crippen LogP contribution is 2.46. The van der Waals surface area contributed by atoms with E-state index in [4.69, 9.17) is 16.6 Å². The Kier molecular flexibility index (Phi) is 6.82. The van der Waals surface area contributed by atoms with Gasteiger partial charge in [0.1, 0.15) is 17.6 Å².